The van der Waals surface area contributed by atoms with E-state index < -0.39 is 11.9 Å². The highest BCUT2D eigenvalue weighted by molar-refractivity contribution is 5.76. The van der Waals surface area contributed by atoms with Gasteiger partial charge in [-0.3, -0.25) is 4.79 Å². The molecule has 0 aliphatic rings. The Bertz CT molecular complexity index is 330. The Labute approximate surface area is 128 Å². The first kappa shape index (κ1) is 19.7. The van der Waals surface area contributed by atoms with E-state index in [2.05, 4.69) is 10.6 Å². The van der Waals surface area contributed by atoms with Gasteiger partial charge in [0.2, 0.25) is 0 Å². The second-order valence-corrected chi connectivity index (χ2v) is 6.63. The van der Waals surface area contributed by atoms with E-state index in [0.717, 1.165) is 6.54 Å². The number of nitrogens with one attached hydrogen (secondary N) is 2. The van der Waals surface area contributed by atoms with Crippen molar-refractivity contribution in [2.45, 2.75) is 40.2 Å². The van der Waals surface area contributed by atoms with Crippen molar-refractivity contribution >= 4 is 12.0 Å². The number of nitrogens with zero attached hydrogens (tertiary/aromatic N) is 1. The van der Waals surface area contributed by atoms with Crippen LogP contribution in [-0.4, -0.2) is 55.2 Å². The highest BCUT2D eigenvalue weighted by atomic mass is 16.4. The molecule has 3 N–H and O–H groups in total. The third-order valence-electron chi connectivity index (χ3n) is 3.30. The van der Waals surface area contributed by atoms with Crippen LogP contribution >= 0.6 is 0 Å². The molecule has 2 unspecified atom stereocenters. The summed E-state index contributed by atoms with van der Waals surface area (Å²) in [6, 6.07) is -0.265. The van der Waals surface area contributed by atoms with Crippen molar-refractivity contribution in [2.24, 2.45) is 17.8 Å². The average Bonchev–Trinajstić information content (AvgIpc) is 2.32. The molecule has 0 aromatic heterocycles. The summed E-state index contributed by atoms with van der Waals surface area (Å²) < 4.78 is 0. The molecule has 0 aliphatic heterocycles. The molecule has 6 heteroatoms. The lowest BCUT2D eigenvalue weighted by Gasteiger charge is -2.26. The van der Waals surface area contributed by atoms with Gasteiger partial charge in [-0.15, -0.1) is 0 Å². The molecule has 124 valence electrons. The number of carbonyl (C=O) groups is 2. The zero-order chi connectivity index (χ0) is 16.6. The van der Waals surface area contributed by atoms with Crippen molar-refractivity contribution < 1.29 is 14.7 Å². The summed E-state index contributed by atoms with van der Waals surface area (Å²) in [5.74, 6) is -0.808. The number of urea groups is 1. The van der Waals surface area contributed by atoms with Crippen LogP contribution < -0.4 is 10.6 Å². The van der Waals surface area contributed by atoms with Gasteiger partial charge in [0.15, 0.2) is 0 Å². The zero-order valence-electron chi connectivity index (χ0n) is 14.1. The van der Waals surface area contributed by atoms with Crippen LogP contribution in [0.4, 0.5) is 4.79 Å². The van der Waals surface area contributed by atoms with Gasteiger partial charge in [0.05, 0.1) is 5.92 Å². The van der Waals surface area contributed by atoms with Crippen LogP contribution in [0, 0.1) is 17.8 Å². The maximum absolute atomic E-state index is 11.9. The van der Waals surface area contributed by atoms with E-state index in [0.29, 0.717) is 12.3 Å². The molecular weight excluding hydrogens is 270 g/mol. The van der Waals surface area contributed by atoms with Crippen molar-refractivity contribution in [1.29, 1.82) is 0 Å². The van der Waals surface area contributed by atoms with Gasteiger partial charge >= 0.3 is 12.0 Å². The lowest BCUT2D eigenvalue weighted by molar-refractivity contribution is -0.142. The van der Waals surface area contributed by atoms with E-state index in [4.69, 9.17) is 5.11 Å². The van der Waals surface area contributed by atoms with Crippen LogP contribution in [0.15, 0.2) is 0 Å². The number of carboxylic acids is 1. The van der Waals surface area contributed by atoms with Gasteiger partial charge in [0, 0.05) is 19.1 Å². The van der Waals surface area contributed by atoms with Gasteiger partial charge in [0.25, 0.3) is 0 Å². The molecule has 0 fully saturated rings. The van der Waals surface area contributed by atoms with E-state index in [1.54, 1.807) is 0 Å². The summed E-state index contributed by atoms with van der Waals surface area (Å²) in [4.78, 5) is 25.1. The van der Waals surface area contributed by atoms with E-state index in [-0.39, 0.29) is 24.5 Å². The molecule has 0 rings (SSSR count). The van der Waals surface area contributed by atoms with Crippen molar-refractivity contribution in [1.82, 2.24) is 15.5 Å². The van der Waals surface area contributed by atoms with Gasteiger partial charge in [-0.1, -0.05) is 27.7 Å². The number of hydrogen-bond acceptors (Lipinski definition) is 3. The summed E-state index contributed by atoms with van der Waals surface area (Å²) in [5, 5.41) is 14.7. The van der Waals surface area contributed by atoms with E-state index >= 15 is 0 Å². The topological polar surface area (TPSA) is 81.7 Å². The number of rotatable bonds is 9. The van der Waals surface area contributed by atoms with Crippen molar-refractivity contribution in [3.63, 3.8) is 0 Å². The fourth-order valence-electron chi connectivity index (χ4n) is 2.09. The number of carbonyl (C=O) groups excluding carboxylic acids is 1. The summed E-state index contributed by atoms with van der Waals surface area (Å²) in [7, 11) is 3.91. The van der Waals surface area contributed by atoms with Crippen LogP contribution in [0.1, 0.15) is 34.1 Å². The number of aliphatic carboxylic acids is 1. The van der Waals surface area contributed by atoms with Gasteiger partial charge in [-0.25, -0.2) is 4.79 Å². The molecular formula is C15H31N3O3. The van der Waals surface area contributed by atoms with Crippen molar-refractivity contribution in [3.8, 4) is 0 Å². The van der Waals surface area contributed by atoms with E-state index in [9.17, 15) is 9.59 Å². The van der Waals surface area contributed by atoms with Gasteiger partial charge in [0.1, 0.15) is 0 Å². The Morgan fingerprint density at radius 1 is 1.14 bits per heavy atom. The first-order valence-corrected chi connectivity index (χ1v) is 7.55. The lowest BCUT2D eigenvalue weighted by Crippen LogP contribution is -2.50. The largest absolute Gasteiger partial charge is 0.481 e. The van der Waals surface area contributed by atoms with Crippen LogP contribution in [0.2, 0.25) is 0 Å². The predicted octanol–water partition coefficient (Wildman–Crippen LogP) is 1.62. The smallest absolute Gasteiger partial charge is 0.315 e. The molecule has 0 spiro atoms. The average molecular weight is 301 g/mol. The SMILES string of the molecule is CC(C)CC(CNC(=O)NC(CN(C)C)C(C)C)C(=O)O. The first-order valence-electron chi connectivity index (χ1n) is 7.55. The standard InChI is InChI=1S/C15H31N3O3/c1-10(2)7-12(14(19)20)8-16-15(21)17-13(11(3)4)9-18(5)6/h10-13H,7-9H2,1-6H3,(H,19,20)(H2,16,17,21). The zero-order valence-corrected chi connectivity index (χ0v) is 14.1. The quantitative estimate of drug-likeness (QED) is 0.604. The third kappa shape index (κ3) is 9.28. The molecule has 6 nitrogen and oxygen atoms in total. The molecule has 0 aromatic carbocycles. The number of likely N-dealkylation sites (N-methyl/N-ethyl adjacent to an activating group) is 1. The van der Waals surface area contributed by atoms with Crippen LogP contribution in [0.3, 0.4) is 0 Å². The summed E-state index contributed by atoms with van der Waals surface area (Å²) >= 11 is 0. The Kier molecular flexibility index (Phi) is 9.01. The normalized spacial score (nSPS) is 14.3. The Hall–Kier alpha value is -1.30. The van der Waals surface area contributed by atoms with Crippen molar-refractivity contribution in [2.75, 3.05) is 27.2 Å². The number of carboxylic acid groups (broad SMARTS) is 1. The highest BCUT2D eigenvalue weighted by Gasteiger charge is 2.21. The minimum Gasteiger partial charge on any atom is -0.481 e. The molecule has 0 heterocycles. The molecule has 0 bridgehead atoms. The molecule has 2 atom stereocenters. The first-order chi connectivity index (χ1) is 9.63. The van der Waals surface area contributed by atoms with Crippen molar-refractivity contribution in [3.05, 3.63) is 0 Å². The number of amides is 2. The Morgan fingerprint density at radius 3 is 2.10 bits per heavy atom. The second-order valence-electron chi connectivity index (χ2n) is 6.63. The Morgan fingerprint density at radius 2 is 1.71 bits per heavy atom. The third-order valence-corrected chi connectivity index (χ3v) is 3.30. The summed E-state index contributed by atoms with van der Waals surface area (Å²) in [5.41, 5.74) is 0. The molecule has 0 aromatic rings. The van der Waals surface area contributed by atoms with Crippen LogP contribution in [0.25, 0.3) is 0 Å². The van der Waals surface area contributed by atoms with E-state index in [1.165, 1.54) is 0 Å². The molecule has 0 saturated carbocycles. The monoisotopic (exact) mass is 301 g/mol. The molecule has 0 aliphatic carbocycles. The summed E-state index contributed by atoms with van der Waals surface area (Å²) in [6.45, 7) is 8.95. The molecule has 0 saturated heterocycles. The predicted molar refractivity (Wildman–Crippen MR) is 84.3 cm³/mol. The fourth-order valence-corrected chi connectivity index (χ4v) is 2.09. The maximum Gasteiger partial charge on any atom is 0.315 e. The van der Waals surface area contributed by atoms with Gasteiger partial charge < -0.3 is 20.6 Å². The summed E-state index contributed by atoms with van der Waals surface area (Å²) in [6.07, 6.45) is 0.556. The molecule has 0 radical (unpaired) electrons. The van der Waals surface area contributed by atoms with Gasteiger partial charge in [-0.2, -0.15) is 0 Å². The number of hydrogen-bond donors (Lipinski definition) is 3. The Balaban J connectivity index is 4.36. The maximum atomic E-state index is 11.9. The lowest BCUT2D eigenvalue weighted by atomic mass is 9.97. The molecule has 21 heavy (non-hydrogen) atoms. The fraction of sp³-hybridized carbons (Fsp3) is 0.867. The highest BCUT2D eigenvalue weighted by Crippen LogP contribution is 2.11. The minimum atomic E-state index is -0.863. The van der Waals surface area contributed by atoms with Gasteiger partial charge in [-0.05, 0) is 32.4 Å². The van der Waals surface area contributed by atoms with E-state index in [1.807, 2.05) is 46.7 Å². The van der Waals surface area contributed by atoms with Crippen LogP contribution in [-0.2, 0) is 4.79 Å². The molecule has 2 amide bonds. The minimum absolute atomic E-state index is 0.0355. The van der Waals surface area contributed by atoms with Crippen LogP contribution in [0.5, 0.6) is 0 Å². The second kappa shape index (κ2) is 9.60.